The molecule has 0 aliphatic heterocycles. The summed E-state index contributed by atoms with van der Waals surface area (Å²) in [7, 11) is 0. The van der Waals surface area contributed by atoms with Gasteiger partial charge in [0.25, 0.3) is 0 Å². The van der Waals surface area contributed by atoms with Crippen molar-refractivity contribution in [3.05, 3.63) is 63.6 Å². The zero-order valence-electron chi connectivity index (χ0n) is 11.4. The van der Waals surface area contributed by atoms with Gasteiger partial charge in [-0.25, -0.2) is 9.37 Å². The number of aromatic nitrogens is 2. The molecule has 0 N–H and O–H groups in total. The van der Waals surface area contributed by atoms with E-state index in [0.717, 1.165) is 22.4 Å². The first-order chi connectivity index (χ1) is 10.1. The summed E-state index contributed by atoms with van der Waals surface area (Å²) in [5.74, 6) is 0.736. The van der Waals surface area contributed by atoms with Crippen LogP contribution in [-0.4, -0.2) is 9.55 Å². The van der Waals surface area contributed by atoms with Crippen LogP contribution < -0.4 is 0 Å². The minimum Gasteiger partial charge on any atom is -0.322 e. The summed E-state index contributed by atoms with van der Waals surface area (Å²) in [5.41, 5.74) is 3.83. The third-order valence-electron chi connectivity index (χ3n) is 3.41. The molecule has 5 heteroatoms. The lowest BCUT2D eigenvalue weighted by atomic mass is 10.1. The molecule has 2 nitrogen and oxygen atoms in total. The molecular weight excluding hydrogens is 355 g/mol. The van der Waals surface area contributed by atoms with Crippen molar-refractivity contribution in [1.29, 1.82) is 0 Å². The Morgan fingerprint density at radius 1 is 1.29 bits per heavy atom. The molecule has 21 heavy (non-hydrogen) atoms. The molecule has 3 rings (SSSR count). The Balaban J connectivity index is 2.14. The van der Waals surface area contributed by atoms with Crippen LogP contribution in [-0.2, 0) is 12.4 Å². The van der Waals surface area contributed by atoms with Crippen LogP contribution in [0.25, 0.3) is 11.0 Å². The van der Waals surface area contributed by atoms with E-state index in [1.54, 1.807) is 6.07 Å². The Morgan fingerprint density at radius 2 is 2.10 bits per heavy atom. The lowest BCUT2D eigenvalue weighted by molar-refractivity contribution is 0.621. The van der Waals surface area contributed by atoms with Crippen LogP contribution in [0.5, 0.6) is 0 Å². The second kappa shape index (κ2) is 5.78. The van der Waals surface area contributed by atoms with E-state index < -0.39 is 0 Å². The summed E-state index contributed by atoms with van der Waals surface area (Å²) in [6.07, 6.45) is 0. The molecule has 0 unspecified atom stereocenters. The maximum Gasteiger partial charge on any atom is 0.139 e. The van der Waals surface area contributed by atoms with Crippen LogP contribution >= 0.6 is 27.5 Å². The number of aryl methyl sites for hydroxylation is 1. The van der Waals surface area contributed by atoms with E-state index in [1.807, 2.05) is 16.7 Å². The quantitative estimate of drug-likeness (QED) is 0.593. The molecule has 108 valence electrons. The Morgan fingerprint density at radius 3 is 2.81 bits per heavy atom. The fraction of sp³-hybridized carbons (Fsp3) is 0.188. The molecule has 0 aliphatic rings. The highest BCUT2D eigenvalue weighted by Gasteiger charge is 2.13. The van der Waals surface area contributed by atoms with Gasteiger partial charge in [0.05, 0.1) is 21.4 Å². The van der Waals surface area contributed by atoms with E-state index in [-0.39, 0.29) is 5.82 Å². The first-order valence-electron chi connectivity index (χ1n) is 6.54. The molecule has 0 amide bonds. The van der Waals surface area contributed by atoms with E-state index in [9.17, 15) is 4.39 Å². The van der Waals surface area contributed by atoms with Gasteiger partial charge < -0.3 is 4.57 Å². The third-order valence-corrected chi connectivity index (χ3v) is 4.26. The number of rotatable bonds is 3. The highest BCUT2D eigenvalue weighted by Crippen LogP contribution is 2.25. The Labute approximate surface area is 135 Å². The fourth-order valence-corrected chi connectivity index (χ4v) is 2.98. The average molecular weight is 368 g/mol. The van der Waals surface area contributed by atoms with Crippen LogP contribution in [0, 0.1) is 12.7 Å². The predicted molar refractivity (Wildman–Crippen MR) is 87.2 cm³/mol. The summed E-state index contributed by atoms with van der Waals surface area (Å²) in [5, 5.41) is 0. The molecule has 0 bridgehead atoms. The second-order valence-electron chi connectivity index (χ2n) is 4.99. The van der Waals surface area contributed by atoms with Crippen LogP contribution in [0.2, 0.25) is 0 Å². The number of halogens is 3. The molecule has 0 saturated heterocycles. The topological polar surface area (TPSA) is 17.8 Å². The van der Waals surface area contributed by atoms with E-state index in [2.05, 4.69) is 40.0 Å². The van der Waals surface area contributed by atoms with Crippen LogP contribution in [0.1, 0.15) is 17.0 Å². The van der Waals surface area contributed by atoms with Gasteiger partial charge in [-0.15, -0.1) is 11.6 Å². The smallest absolute Gasteiger partial charge is 0.139 e. The maximum atomic E-state index is 13.8. The van der Waals surface area contributed by atoms with Crippen molar-refractivity contribution >= 4 is 38.6 Å². The molecule has 3 aromatic rings. The number of nitrogens with zero attached hydrogens (tertiary/aromatic N) is 2. The van der Waals surface area contributed by atoms with E-state index in [4.69, 9.17) is 11.6 Å². The number of alkyl halides is 1. The van der Waals surface area contributed by atoms with Crippen LogP contribution in [0.15, 0.2) is 40.9 Å². The molecule has 0 saturated carbocycles. The largest absolute Gasteiger partial charge is 0.322 e. The van der Waals surface area contributed by atoms with Gasteiger partial charge in [-0.1, -0.05) is 29.8 Å². The van der Waals surface area contributed by atoms with Gasteiger partial charge in [0, 0.05) is 12.6 Å². The van der Waals surface area contributed by atoms with Gasteiger partial charge in [-0.3, -0.25) is 0 Å². The average Bonchev–Trinajstić information content (AvgIpc) is 2.77. The standard InChI is InChI=1S/C16H13BrClFN2/c1-10-3-2-4-11(5-10)9-21-15-7-13(19)12(17)6-14(15)20-16(21)8-18/h2-7H,8-9H2,1H3. The summed E-state index contributed by atoms with van der Waals surface area (Å²) in [4.78, 5) is 4.49. The van der Waals surface area contributed by atoms with E-state index in [1.165, 1.54) is 11.6 Å². The van der Waals surface area contributed by atoms with Gasteiger partial charge in [0.1, 0.15) is 11.6 Å². The number of imidazole rings is 1. The predicted octanol–water partition coefficient (Wildman–Crippen LogP) is 5.03. The van der Waals surface area contributed by atoms with Gasteiger partial charge >= 0.3 is 0 Å². The molecule has 0 aliphatic carbocycles. The lowest BCUT2D eigenvalue weighted by Gasteiger charge is -2.09. The third kappa shape index (κ3) is 2.83. The van der Waals surface area contributed by atoms with Crippen molar-refractivity contribution in [2.24, 2.45) is 0 Å². The van der Waals surface area contributed by atoms with Crippen molar-refractivity contribution in [2.75, 3.05) is 0 Å². The van der Waals surface area contributed by atoms with Crippen molar-refractivity contribution in [2.45, 2.75) is 19.3 Å². The van der Waals surface area contributed by atoms with E-state index in [0.29, 0.717) is 16.9 Å². The maximum absolute atomic E-state index is 13.8. The molecule has 1 heterocycles. The van der Waals surface area contributed by atoms with Crippen LogP contribution in [0.3, 0.4) is 0 Å². The number of hydrogen-bond acceptors (Lipinski definition) is 1. The Hall–Kier alpha value is -1.39. The first kappa shape index (κ1) is 14.5. The minimum atomic E-state index is -0.297. The van der Waals surface area contributed by atoms with Crippen molar-refractivity contribution in [1.82, 2.24) is 9.55 Å². The summed E-state index contributed by atoms with van der Waals surface area (Å²) < 4.78 is 16.2. The monoisotopic (exact) mass is 366 g/mol. The molecule has 0 radical (unpaired) electrons. The molecule has 2 aromatic carbocycles. The first-order valence-corrected chi connectivity index (χ1v) is 7.87. The van der Waals surface area contributed by atoms with Gasteiger partial charge in [-0.2, -0.15) is 0 Å². The number of fused-ring (bicyclic) bond motifs is 1. The van der Waals surface area contributed by atoms with Crippen molar-refractivity contribution in [3.63, 3.8) is 0 Å². The number of hydrogen-bond donors (Lipinski definition) is 0. The zero-order valence-corrected chi connectivity index (χ0v) is 13.7. The molecule has 0 atom stereocenters. The minimum absolute atomic E-state index is 0.291. The Bertz CT molecular complexity index is 813. The van der Waals surface area contributed by atoms with Crippen LogP contribution in [0.4, 0.5) is 4.39 Å². The fourth-order valence-electron chi connectivity index (χ4n) is 2.44. The molecule has 0 spiro atoms. The zero-order chi connectivity index (χ0) is 15.0. The molecule has 0 fully saturated rings. The second-order valence-corrected chi connectivity index (χ2v) is 6.11. The molecular formula is C16H13BrClFN2. The summed E-state index contributed by atoms with van der Waals surface area (Å²) in [6, 6.07) is 11.4. The lowest BCUT2D eigenvalue weighted by Crippen LogP contribution is -2.04. The Kier molecular flexibility index (Phi) is 4.00. The highest BCUT2D eigenvalue weighted by atomic mass is 79.9. The molecule has 1 aromatic heterocycles. The summed E-state index contributed by atoms with van der Waals surface area (Å²) >= 11 is 9.18. The number of benzene rings is 2. The SMILES string of the molecule is Cc1cccc(Cn2c(CCl)nc3cc(Br)c(F)cc32)c1. The highest BCUT2D eigenvalue weighted by molar-refractivity contribution is 9.10. The van der Waals surface area contributed by atoms with Gasteiger partial charge in [0.15, 0.2) is 0 Å². The van der Waals surface area contributed by atoms with Crippen molar-refractivity contribution < 1.29 is 4.39 Å². The van der Waals surface area contributed by atoms with Gasteiger partial charge in [0.2, 0.25) is 0 Å². The van der Waals surface area contributed by atoms with Crippen molar-refractivity contribution in [3.8, 4) is 0 Å². The normalized spacial score (nSPS) is 11.2. The van der Waals surface area contributed by atoms with E-state index >= 15 is 0 Å². The van der Waals surface area contributed by atoms with Gasteiger partial charge in [-0.05, 0) is 34.5 Å². The summed E-state index contributed by atoms with van der Waals surface area (Å²) in [6.45, 7) is 2.68.